The van der Waals surface area contributed by atoms with Crippen LogP contribution in [0.4, 0.5) is 4.39 Å². The average molecular weight is 269 g/mol. The van der Waals surface area contributed by atoms with Crippen LogP contribution in [-0.2, 0) is 6.42 Å². The summed E-state index contributed by atoms with van der Waals surface area (Å²) in [6, 6.07) is 10.0. The van der Waals surface area contributed by atoms with Crippen LogP contribution in [0.15, 0.2) is 42.6 Å². The first-order valence-electron chi connectivity index (χ1n) is 6.07. The number of imidazole rings is 1. The Balaban J connectivity index is 2.13. The van der Waals surface area contributed by atoms with Gasteiger partial charge >= 0.3 is 0 Å². The zero-order valence-electron chi connectivity index (χ0n) is 10.5. The first-order chi connectivity index (χ1) is 9.66. The number of benzene rings is 1. The van der Waals surface area contributed by atoms with Gasteiger partial charge in [0.1, 0.15) is 23.2 Å². The summed E-state index contributed by atoms with van der Waals surface area (Å²) < 4.78 is 15.3. The Bertz CT molecular complexity index is 793. The molecule has 0 amide bonds. The highest BCUT2D eigenvalue weighted by molar-refractivity contribution is 5.99. The van der Waals surface area contributed by atoms with Gasteiger partial charge in [0.2, 0.25) is 0 Å². The first-order valence-corrected chi connectivity index (χ1v) is 6.07. The van der Waals surface area contributed by atoms with Crippen LogP contribution in [0.3, 0.4) is 0 Å². The van der Waals surface area contributed by atoms with E-state index in [4.69, 9.17) is 11.1 Å². The lowest BCUT2D eigenvalue weighted by Crippen LogP contribution is -2.12. The number of halogens is 1. The number of nitrogens with zero attached hydrogens (tertiary/aromatic N) is 3. The molecular formula is C14H12FN5. The van der Waals surface area contributed by atoms with Crippen LogP contribution in [0.2, 0.25) is 0 Å². The SMILES string of the molecule is N=C(N)c1nc(Cc2ccccc2F)n2ncccc12. The van der Waals surface area contributed by atoms with Crippen molar-refractivity contribution in [2.75, 3.05) is 0 Å². The highest BCUT2D eigenvalue weighted by atomic mass is 19.1. The molecule has 2 aromatic heterocycles. The molecule has 0 radical (unpaired) electrons. The van der Waals surface area contributed by atoms with Crippen molar-refractivity contribution in [1.82, 2.24) is 14.6 Å². The lowest BCUT2D eigenvalue weighted by molar-refractivity contribution is 0.611. The van der Waals surface area contributed by atoms with Crippen molar-refractivity contribution in [3.8, 4) is 0 Å². The Kier molecular flexibility index (Phi) is 2.90. The summed E-state index contributed by atoms with van der Waals surface area (Å²) in [4.78, 5) is 4.31. The fourth-order valence-corrected chi connectivity index (χ4v) is 2.12. The van der Waals surface area contributed by atoms with Crippen LogP contribution < -0.4 is 5.73 Å². The molecule has 6 heteroatoms. The molecule has 100 valence electrons. The second-order valence-electron chi connectivity index (χ2n) is 4.38. The van der Waals surface area contributed by atoms with Gasteiger partial charge in [0, 0.05) is 12.6 Å². The van der Waals surface area contributed by atoms with Gasteiger partial charge < -0.3 is 5.73 Å². The van der Waals surface area contributed by atoms with Gasteiger partial charge in [0.15, 0.2) is 0 Å². The molecule has 0 spiro atoms. The lowest BCUT2D eigenvalue weighted by atomic mass is 10.1. The van der Waals surface area contributed by atoms with Gasteiger partial charge in [-0.1, -0.05) is 18.2 Å². The topological polar surface area (TPSA) is 80.1 Å². The molecular weight excluding hydrogens is 257 g/mol. The fourth-order valence-electron chi connectivity index (χ4n) is 2.12. The van der Waals surface area contributed by atoms with Gasteiger partial charge in [0.25, 0.3) is 0 Å². The molecule has 5 nitrogen and oxygen atoms in total. The molecule has 0 bridgehead atoms. The van der Waals surface area contributed by atoms with Crippen LogP contribution in [0.1, 0.15) is 17.1 Å². The summed E-state index contributed by atoms with van der Waals surface area (Å²) in [7, 11) is 0. The minimum absolute atomic E-state index is 0.129. The average Bonchev–Trinajstić information content (AvgIpc) is 2.81. The van der Waals surface area contributed by atoms with E-state index < -0.39 is 0 Å². The van der Waals surface area contributed by atoms with Crippen molar-refractivity contribution < 1.29 is 4.39 Å². The summed E-state index contributed by atoms with van der Waals surface area (Å²) in [5, 5.41) is 11.7. The normalized spacial score (nSPS) is 10.8. The molecule has 3 N–H and O–H groups in total. The second kappa shape index (κ2) is 4.73. The Hall–Kier alpha value is -2.76. The van der Waals surface area contributed by atoms with Gasteiger partial charge in [-0.3, -0.25) is 5.41 Å². The third-order valence-electron chi connectivity index (χ3n) is 3.04. The van der Waals surface area contributed by atoms with E-state index in [9.17, 15) is 4.39 Å². The number of amidine groups is 1. The predicted molar refractivity (Wildman–Crippen MR) is 73.2 cm³/mol. The standard InChI is InChI=1S/C14H12FN5/c15-10-5-2-1-4-9(10)8-12-19-13(14(16)17)11-6-3-7-18-20(11)12/h1-7H,8H2,(H3,16,17). The van der Waals surface area contributed by atoms with E-state index >= 15 is 0 Å². The Morgan fingerprint density at radius 3 is 2.80 bits per heavy atom. The molecule has 1 aromatic carbocycles. The van der Waals surface area contributed by atoms with Crippen LogP contribution in [-0.4, -0.2) is 20.4 Å². The van der Waals surface area contributed by atoms with Crippen LogP contribution >= 0.6 is 0 Å². The van der Waals surface area contributed by atoms with E-state index in [2.05, 4.69) is 10.1 Å². The van der Waals surface area contributed by atoms with Crippen molar-refractivity contribution >= 4 is 11.4 Å². The zero-order chi connectivity index (χ0) is 14.1. The third-order valence-corrected chi connectivity index (χ3v) is 3.04. The summed E-state index contributed by atoms with van der Waals surface area (Å²) >= 11 is 0. The summed E-state index contributed by atoms with van der Waals surface area (Å²) in [5.41, 5.74) is 7.06. The molecule has 0 fully saturated rings. The maximum Gasteiger partial charge on any atom is 0.144 e. The number of nitrogen functional groups attached to an aromatic ring is 1. The van der Waals surface area contributed by atoms with Crippen molar-refractivity contribution in [2.24, 2.45) is 5.73 Å². The Labute approximate surface area is 114 Å². The van der Waals surface area contributed by atoms with Gasteiger partial charge in [-0.2, -0.15) is 5.10 Å². The number of rotatable bonds is 3. The van der Waals surface area contributed by atoms with E-state index in [1.807, 2.05) is 0 Å². The van der Waals surface area contributed by atoms with E-state index in [0.29, 0.717) is 22.6 Å². The molecule has 0 atom stereocenters. The van der Waals surface area contributed by atoms with Gasteiger partial charge in [0.05, 0.1) is 5.52 Å². The van der Waals surface area contributed by atoms with Gasteiger partial charge in [-0.25, -0.2) is 13.9 Å². The van der Waals surface area contributed by atoms with E-state index in [0.717, 1.165) is 0 Å². The molecule has 0 saturated heterocycles. The predicted octanol–water partition coefficient (Wildman–Crippen LogP) is 1.74. The third kappa shape index (κ3) is 2.01. The quantitative estimate of drug-likeness (QED) is 0.561. The summed E-state index contributed by atoms with van der Waals surface area (Å²) in [5.74, 6) is 0.135. The number of hydrogen-bond acceptors (Lipinski definition) is 3. The monoisotopic (exact) mass is 269 g/mol. The molecule has 0 saturated carbocycles. The van der Waals surface area contributed by atoms with E-state index in [1.54, 1.807) is 41.0 Å². The smallest absolute Gasteiger partial charge is 0.144 e. The fraction of sp³-hybridized carbons (Fsp3) is 0.0714. The Morgan fingerprint density at radius 1 is 1.25 bits per heavy atom. The molecule has 0 aliphatic heterocycles. The van der Waals surface area contributed by atoms with Crippen LogP contribution in [0, 0.1) is 11.2 Å². The lowest BCUT2D eigenvalue weighted by Gasteiger charge is -2.01. The van der Waals surface area contributed by atoms with Crippen molar-refractivity contribution in [2.45, 2.75) is 6.42 Å². The van der Waals surface area contributed by atoms with Crippen molar-refractivity contribution in [3.05, 3.63) is 65.5 Å². The largest absolute Gasteiger partial charge is 0.382 e. The van der Waals surface area contributed by atoms with Crippen LogP contribution in [0.5, 0.6) is 0 Å². The summed E-state index contributed by atoms with van der Waals surface area (Å²) in [6.07, 6.45) is 1.90. The number of nitrogens with two attached hydrogens (primary N) is 1. The molecule has 2 heterocycles. The molecule has 20 heavy (non-hydrogen) atoms. The molecule has 0 unspecified atom stereocenters. The molecule has 3 aromatic rings. The van der Waals surface area contributed by atoms with Crippen molar-refractivity contribution in [3.63, 3.8) is 0 Å². The number of fused-ring (bicyclic) bond motifs is 1. The molecule has 0 aliphatic rings. The molecule has 3 rings (SSSR count). The zero-order valence-corrected chi connectivity index (χ0v) is 10.5. The number of aromatic nitrogens is 3. The van der Waals surface area contributed by atoms with E-state index in [1.165, 1.54) is 6.07 Å². The maximum atomic E-state index is 13.7. The number of nitrogens with one attached hydrogen (secondary N) is 1. The van der Waals surface area contributed by atoms with Crippen LogP contribution in [0.25, 0.3) is 5.52 Å². The highest BCUT2D eigenvalue weighted by Gasteiger charge is 2.15. The first kappa shape index (κ1) is 12.3. The van der Waals surface area contributed by atoms with Gasteiger partial charge in [-0.05, 0) is 23.8 Å². The number of hydrogen-bond donors (Lipinski definition) is 2. The van der Waals surface area contributed by atoms with Crippen molar-refractivity contribution in [1.29, 1.82) is 5.41 Å². The highest BCUT2D eigenvalue weighted by Crippen LogP contribution is 2.16. The minimum Gasteiger partial charge on any atom is -0.382 e. The van der Waals surface area contributed by atoms with Gasteiger partial charge in [-0.15, -0.1) is 0 Å². The maximum absolute atomic E-state index is 13.7. The molecule has 0 aliphatic carbocycles. The summed E-state index contributed by atoms with van der Waals surface area (Å²) in [6.45, 7) is 0. The Morgan fingerprint density at radius 2 is 2.05 bits per heavy atom. The minimum atomic E-state index is -0.287. The second-order valence-corrected chi connectivity index (χ2v) is 4.38. The van der Waals surface area contributed by atoms with E-state index in [-0.39, 0.29) is 18.1 Å².